The zero-order valence-electron chi connectivity index (χ0n) is 7.48. The highest BCUT2D eigenvalue weighted by Gasteiger charge is 1.90. The Morgan fingerprint density at radius 3 is 2.20 bits per heavy atom. The fourth-order valence-corrected chi connectivity index (χ4v) is 0.902. The number of aliphatic hydroxyl groups excluding tert-OH is 1. The summed E-state index contributed by atoms with van der Waals surface area (Å²) >= 11 is 0. The first kappa shape index (κ1) is 16.4. The molecule has 1 aromatic rings. The van der Waals surface area contributed by atoms with Crippen LogP contribution in [0.4, 0.5) is 0 Å². The molecule has 0 bridgehead atoms. The van der Waals surface area contributed by atoms with Crippen LogP contribution in [0, 0.1) is 0 Å². The van der Waals surface area contributed by atoms with Gasteiger partial charge in [-0.25, -0.2) is 0 Å². The average Bonchev–Trinajstić information content (AvgIpc) is 2.19. The quantitative estimate of drug-likeness (QED) is 0.739. The first-order chi connectivity index (χ1) is 6.43. The van der Waals surface area contributed by atoms with E-state index in [4.69, 9.17) is 14.6 Å². The van der Waals surface area contributed by atoms with E-state index in [-0.39, 0.29) is 21.5 Å². The van der Waals surface area contributed by atoms with Crippen LogP contribution in [-0.4, -0.2) is 31.5 Å². The second-order valence-corrected chi connectivity index (χ2v) is 2.50. The summed E-state index contributed by atoms with van der Waals surface area (Å²) in [6.07, 6.45) is 0. The van der Waals surface area contributed by atoms with Crippen LogP contribution in [0.2, 0.25) is 0 Å². The molecule has 88 valence electrons. The standard InChI is InChI=1S/C10H14O3.2CH4/c11-6-7-12-8-9-13-10-4-2-1-3-5-10;;/h1-5,11H,6-9H2;2*1H4. The molecule has 0 aliphatic heterocycles. The van der Waals surface area contributed by atoms with Crippen LogP contribution in [0.5, 0.6) is 5.75 Å². The molecule has 3 heteroatoms. The second kappa shape index (κ2) is 11.0. The van der Waals surface area contributed by atoms with E-state index >= 15 is 0 Å². The highest BCUT2D eigenvalue weighted by atomic mass is 16.5. The lowest BCUT2D eigenvalue weighted by atomic mass is 10.3. The van der Waals surface area contributed by atoms with Crippen molar-refractivity contribution in [3.8, 4) is 5.75 Å². The number of benzene rings is 1. The number of aliphatic hydroxyl groups is 1. The van der Waals surface area contributed by atoms with Crippen molar-refractivity contribution in [3.63, 3.8) is 0 Å². The molecular formula is C12H22O3. The Labute approximate surface area is 92.7 Å². The number of hydrogen-bond acceptors (Lipinski definition) is 3. The van der Waals surface area contributed by atoms with Crippen LogP contribution >= 0.6 is 0 Å². The van der Waals surface area contributed by atoms with Gasteiger partial charge in [-0.15, -0.1) is 0 Å². The second-order valence-electron chi connectivity index (χ2n) is 2.50. The van der Waals surface area contributed by atoms with Gasteiger partial charge in [-0.05, 0) is 12.1 Å². The summed E-state index contributed by atoms with van der Waals surface area (Å²) in [4.78, 5) is 0. The molecule has 0 spiro atoms. The Balaban J connectivity index is 0. The van der Waals surface area contributed by atoms with Gasteiger partial charge in [0.05, 0.1) is 19.8 Å². The van der Waals surface area contributed by atoms with Crippen molar-refractivity contribution in [3.05, 3.63) is 30.3 Å². The zero-order chi connectivity index (χ0) is 9.36. The van der Waals surface area contributed by atoms with E-state index in [9.17, 15) is 0 Å². The molecule has 0 saturated heterocycles. The molecule has 0 amide bonds. The van der Waals surface area contributed by atoms with E-state index < -0.39 is 0 Å². The van der Waals surface area contributed by atoms with Crippen LogP contribution in [0.25, 0.3) is 0 Å². The van der Waals surface area contributed by atoms with E-state index in [1.165, 1.54) is 0 Å². The van der Waals surface area contributed by atoms with Crippen molar-refractivity contribution in [2.45, 2.75) is 14.9 Å². The fraction of sp³-hybridized carbons (Fsp3) is 0.500. The highest BCUT2D eigenvalue weighted by Crippen LogP contribution is 2.07. The van der Waals surface area contributed by atoms with Crippen LogP contribution < -0.4 is 4.74 Å². The van der Waals surface area contributed by atoms with E-state index in [1.807, 2.05) is 30.3 Å². The summed E-state index contributed by atoms with van der Waals surface area (Å²) in [6.45, 7) is 1.46. The fourth-order valence-electron chi connectivity index (χ4n) is 0.902. The normalized spacial score (nSPS) is 8.60. The first-order valence-electron chi connectivity index (χ1n) is 4.30. The SMILES string of the molecule is C.C.OCCOCCOc1ccccc1. The molecule has 0 atom stereocenters. The molecule has 0 aliphatic carbocycles. The predicted octanol–water partition coefficient (Wildman–Crippen LogP) is 2.35. The maximum atomic E-state index is 8.42. The topological polar surface area (TPSA) is 38.7 Å². The van der Waals surface area contributed by atoms with Crippen LogP contribution in [0.3, 0.4) is 0 Å². The van der Waals surface area contributed by atoms with Crippen molar-refractivity contribution >= 4 is 0 Å². The molecule has 0 aliphatic rings. The Bertz CT molecular complexity index is 211. The third kappa shape index (κ3) is 7.97. The van der Waals surface area contributed by atoms with Crippen LogP contribution in [0.1, 0.15) is 14.9 Å². The van der Waals surface area contributed by atoms with Crippen LogP contribution in [-0.2, 0) is 4.74 Å². The number of para-hydroxylation sites is 1. The minimum absolute atomic E-state index is 0. The van der Waals surface area contributed by atoms with Gasteiger partial charge in [0.2, 0.25) is 0 Å². The molecule has 0 saturated carbocycles. The van der Waals surface area contributed by atoms with Gasteiger partial charge in [-0.1, -0.05) is 33.1 Å². The summed E-state index contributed by atoms with van der Waals surface area (Å²) in [5, 5.41) is 8.42. The summed E-state index contributed by atoms with van der Waals surface area (Å²) in [7, 11) is 0. The number of rotatable bonds is 6. The molecule has 1 N–H and O–H groups in total. The van der Waals surface area contributed by atoms with Crippen molar-refractivity contribution in [2.24, 2.45) is 0 Å². The lowest BCUT2D eigenvalue weighted by molar-refractivity contribution is 0.0705. The Hall–Kier alpha value is -1.06. The van der Waals surface area contributed by atoms with Gasteiger partial charge in [0.15, 0.2) is 0 Å². The zero-order valence-corrected chi connectivity index (χ0v) is 7.48. The highest BCUT2D eigenvalue weighted by molar-refractivity contribution is 5.20. The molecule has 0 radical (unpaired) electrons. The van der Waals surface area contributed by atoms with E-state index in [1.54, 1.807) is 0 Å². The van der Waals surface area contributed by atoms with Crippen molar-refractivity contribution in [2.75, 3.05) is 26.4 Å². The Kier molecular flexibility index (Phi) is 12.0. The lowest BCUT2D eigenvalue weighted by Gasteiger charge is -2.05. The third-order valence-corrected chi connectivity index (χ3v) is 1.48. The molecule has 15 heavy (non-hydrogen) atoms. The van der Waals surface area contributed by atoms with Crippen molar-refractivity contribution in [1.29, 1.82) is 0 Å². The summed E-state index contributed by atoms with van der Waals surface area (Å²) in [5.41, 5.74) is 0. The summed E-state index contributed by atoms with van der Waals surface area (Å²) in [6, 6.07) is 9.57. The molecule has 0 unspecified atom stereocenters. The molecule has 0 aromatic heterocycles. The first-order valence-corrected chi connectivity index (χ1v) is 4.30. The minimum Gasteiger partial charge on any atom is -0.491 e. The summed E-state index contributed by atoms with van der Waals surface area (Å²) < 4.78 is 10.4. The van der Waals surface area contributed by atoms with Gasteiger partial charge in [0.1, 0.15) is 12.4 Å². The average molecular weight is 214 g/mol. The monoisotopic (exact) mass is 214 g/mol. The predicted molar refractivity (Wildman–Crippen MR) is 63.3 cm³/mol. The van der Waals surface area contributed by atoms with E-state index in [2.05, 4.69) is 0 Å². The lowest BCUT2D eigenvalue weighted by Crippen LogP contribution is -2.08. The van der Waals surface area contributed by atoms with E-state index in [0.717, 1.165) is 5.75 Å². The number of ether oxygens (including phenoxy) is 2. The molecule has 1 aromatic carbocycles. The molecule has 3 nitrogen and oxygen atoms in total. The Morgan fingerprint density at radius 2 is 1.60 bits per heavy atom. The van der Waals surface area contributed by atoms with Gasteiger partial charge in [0, 0.05) is 0 Å². The molecule has 0 heterocycles. The largest absolute Gasteiger partial charge is 0.491 e. The molecule has 0 fully saturated rings. The van der Waals surface area contributed by atoms with Gasteiger partial charge in [-0.3, -0.25) is 0 Å². The van der Waals surface area contributed by atoms with Gasteiger partial charge >= 0.3 is 0 Å². The van der Waals surface area contributed by atoms with Crippen LogP contribution in [0.15, 0.2) is 30.3 Å². The van der Waals surface area contributed by atoms with Gasteiger partial charge in [0.25, 0.3) is 0 Å². The number of hydrogen-bond donors (Lipinski definition) is 1. The Morgan fingerprint density at radius 1 is 0.933 bits per heavy atom. The van der Waals surface area contributed by atoms with E-state index in [0.29, 0.717) is 19.8 Å². The molecule has 1 rings (SSSR count). The van der Waals surface area contributed by atoms with Crippen molar-refractivity contribution in [1.82, 2.24) is 0 Å². The van der Waals surface area contributed by atoms with Gasteiger partial charge in [-0.2, -0.15) is 0 Å². The minimum atomic E-state index is 0. The summed E-state index contributed by atoms with van der Waals surface area (Å²) in [5.74, 6) is 0.843. The maximum Gasteiger partial charge on any atom is 0.119 e. The smallest absolute Gasteiger partial charge is 0.119 e. The van der Waals surface area contributed by atoms with Gasteiger partial charge < -0.3 is 14.6 Å². The third-order valence-electron chi connectivity index (χ3n) is 1.48. The van der Waals surface area contributed by atoms with Crippen molar-refractivity contribution < 1.29 is 14.6 Å². The molecular weight excluding hydrogens is 192 g/mol. The maximum absolute atomic E-state index is 8.42.